The van der Waals surface area contributed by atoms with Gasteiger partial charge in [0, 0.05) is 31.6 Å². The van der Waals surface area contributed by atoms with Crippen molar-refractivity contribution >= 4 is 11.6 Å². The highest BCUT2D eigenvalue weighted by Gasteiger charge is 2.22. The van der Waals surface area contributed by atoms with Crippen LogP contribution in [0.3, 0.4) is 0 Å². The van der Waals surface area contributed by atoms with Crippen LogP contribution in [0.1, 0.15) is 50.9 Å². The van der Waals surface area contributed by atoms with Gasteiger partial charge in [0.05, 0.1) is 0 Å². The molecule has 1 N–H and O–H groups in total. The summed E-state index contributed by atoms with van der Waals surface area (Å²) in [4.78, 5) is 11.8. The summed E-state index contributed by atoms with van der Waals surface area (Å²) in [6.45, 7) is 7.67. The van der Waals surface area contributed by atoms with Gasteiger partial charge < -0.3 is 10.2 Å². The molecular weight excluding hydrogens is 236 g/mol. The molecule has 106 valence electrons. The van der Waals surface area contributed by atoms with E-state index in [1.54, 1.807) is 0 Å². The number of aromatic nitrogens is 2. The minimum Gasteiger partial charge on any atom is -0.373 e. The third-order valence-corrected chi connectivity index (χ3v) is 4.04. The van der Waals surface area contributed by atoms with Crippen LogP contribution in [0.5, 0.6) is 0 Å². The number of hydrogen-bond acceptors (Lipinski definition) is 4. The van der Waals surface area contributed by atoms with Crippen LogP contribution in [0.25, 0.3) is 0 Å². The second-order valence-electron chi connectivity index (χ2n) is 5.43. The van der Waals surface area contributed by atoms with Crippen LogP contribution in [0.4, 0.5) is 11.6 Å². The van der Waals surface area contributed by atoms with Gasteiger partial charge >= 0.3 is 0 Å². The van der Waals surface area contributed by atoms with E-state index < -0.39 is 0 Å². The molecule has 0 aromatic carbocycles. The van der Waals surface area contributed by atoms with E-state index in [1.165, 1.54) is 31.2 Å². The molecule has 1 aromatic rings. The fourth-order valence-electron chi connectivity index (χ4n) is 2.82. The molecule has 0 saturated carbocycles. The molecule has 0 bridgehead atoms. The second-order valence-corrected chi connectivity index (χ2v) is 5.43. The highest BCUT2D eigenvalue weighted by Crippen LogP contribution is 2.28. The molecule has 0 amide bonds. The SMILES string of the molecule is CCc1nc(NC)c(C)c(N2CCCCCC2C)n1. The van der Waals surface area contributed by atoms with Crippen LogP contribution in [0, 0.1) is 6.92 Å². The minimum absolute atomic E-state index is 0.575. The van der Waals surface area contributed by atoms with Crippen molar-refractivity contribution in [3.05, 3.63) is 11.4 Å². The molecule has 2 heterocycles. The zero-order valence-corrected chi connectivity index (χ0v) is 12.7. The predicted molar refractivity (Wildman–Crippen MR) is 81.0 cm³/mol. The fourth-order valence-corrected chi connectivity index (χ4v) is 2.82. The van der Waals surface area contributed by atoms with Crippen LogP contribution in [0.2, 0.25) is 0 Å². The Morgan fingerprint density at radius 1 is 1.26 bits per heavy atom. The molecule has 1 saturated heterocycles. The van der Waals surface area contributed by atoms with Crippen molar-refractivity contribution in [1.82, 2.24) is 9.97 Å². The largest absolute Gasteiger partial charge is 0.373 e. The number of nitrogens with zero attached hydrogens (tertiary/aromatic N) is 3. The molecule has 1 fully saturated rings. The fraction of sp³-hybridized carbons (Fsp3) is 0.733. The number of aryl methyl sites for hydroxylation is 1. The molecule has 1 unspecified atom stereocenters. The predicted octanol–water partition coefficient (Wildman–Crippen LogP) is 3.16. The number of anilines is 2. The van der Waals surface area contributed by atoms with Gasteiger partial charge in [-0.25, -0.2) is 9.97 Å². The van der Waals surface area contributed by atoms with E-state index in [0.717, 1.165) is 30.4 Å². The summed E-state index contributed by atoms with van der Waals surface area (Å²) < 4.78 is 0. The van der Waals surface area contributed by atoms with Crippen LogP contribution in [0.15, 0.2) is 0 Å². The Morgan fingerprint density at radius 2 is 2.05 bits per heavy atom. The van der Waals surface area contributed by atoms with E-state index in [0.29, 0.717) is 6.04 Å². The van der Waals surface area contributed by atoms with Crippen LogP contribution >= 0.6 is 0 Å². The van der Waals surface area contributed by atoms with Gasteiger partial charge in [0.15, 0.2) is 0 Å². The van der Waals surface area contributed by atoms with Crippen molar-refractivity contribution in [3.63, 3.8) is 0 Å². The molecule has 19 heavy (non-hydrogen) atoms. The highest BCUT2D eigenvalue weighted by atomic mass is 15.2. The van der Waals surface area contributed by atoms with Crippen molar-refractivity contribution < 1.29 is 0 Å². The van der Waals surface area contributed by atoms with Gasteiger partial charge in [0.25, 0.3) is 0 Å². The third-order valence-electron chi connectivity index (χ3n) is 4.04. The quantitative estimate of drug-likeness (QED) is 0.908. The number of hydrogen-bond donors (Lipinski definition) is 1. The first-order chi connectivity index (χ1) is 9.17. The van der Waals surface area contributed by atoms with Gasteiger partial charge in [-0.15, -0.1) is 0 Å². The Bertz CT molecular complexity index is 430. The average Bonchev–Trinajstić information content (AvgIpc) is 2.64. The first kappa shape index (κ1) is 14.1. The van der Waals surface area contributed by atoms with E-state index in [4.69, 9.17) is 4.98 Å². The van der Waals surface area contributed by atoms with Crippen LogP contribution in [-0.2, 0) is 6.42 Å². The Balaban J connectivity index is 2.41. The third kappa shape index (κ3) is 2.99. The molecule has 0 aliphatic carbocycles. The monoisotopic (exact) mass is 262 g/mol. The maximum absolute atomic E-state index is 4.79. The second kappa shape index (κ2) is 6.22. The Labute approximate surface area is 116 Å². The van der Waals surface area contributed by atoms with Crippen molar-refractivity contribution in [1.29, 1.82) is 0 Å². The molecule has 4 heteroatoms. The van der Waals surface area contributed by atoms with E-state index in [-0.39, 0.29) is 0 Å². The maximum atomic E-state index is 4.79. The first-order valence-electron chi connectivity index (χ1n) is 7.49. The van der Waals surface area contributed by atoms with Gasteiger partial charge in [0.2, 0.25) is 0 Å². The highest BCUT2D eigenvalue weighted by molar-refractivity contribution is 5.59. The van der Waals surface area contributed by atoms with E-state index in [1.807, 2.05) is 7.05 Å². The molecule has 1 atom stereocenters. The van der Waals surface area contributed by atoms with E-state index >= 15 is 0 Å². The van der Waals surface area contributed by atoms with Crippen molar-refractivity contribution in [3.8, 4) is 0 Å². The topological polar surface area (TPSA) is 41.1 Å². The van der Waals surface area contributed by atoms with Gasteiger partial charge in [-0.2, -0.15) is 0 Å². The molecule has 1 aliphatic rings. The zero-order valence-electron chi connectivity index (χ0n) is 12.7. The Hall–Kier alpha value is -1.32. The molecule has 2 rings (SSSR count). The molecule has 0 spiro atoms. The zero-order chi connectivity index (χ0) is 13.8. The summed E-state index contributed by atoms with van der Waals surface area (Å²) in [5.41, 5.74) is 1.17. The van der Waals surface area contributed by atoms with Gasteiger partial charge in [0.1, 0.15) is 17.5 Å². The summed E-state index contributed by atoms with van der Waals surface area (Å²) in [5, 5.41) is 3.20. The first-order valence-corrected chi connectivity index (χ1v) is 7.49. The van der Waals surface area contributed by atoms with Crippen LogP contribution in [-0.4, -0.2) is 29.6 Å². The molecule has 1 aliphatic heterocycles. The lowest BCUT2D eigenvalue weighted by molar-refractivity contribution is 0.608. The van der Waals surface area contributed by atoms with Gasteiger partial charge in [-0.05, 0) is 26.7 Å². The summed E-state index contributed by atoms with van der Waals surface area (Å²) in [7, 11) is 1.93. The summed E-state index contributed by atoms with van der Waals surface area (Å²) in [6, 6.07) is 0.575. The number of rotatable bonds is 3. The smallest absolute Gasteiger partial charge is 0.137 e. The number of nitrogens with one attached hydrogen (secondary N) is 1. The van der Waals surface area contributed by atoms with Crippen molar-refractivity contribution in [2.45, 2.75) is 58.9 Å². The lowest BCUT2D eigenvalue weighted by Crippen LogP contribution is -2.34. The maximum Gasteiger partial charge on any atom is 0.137 e. The molecule has 1 aromatic heterocycles. The van der Waals surface area contributed by atoms with Gasteiger partial charge in [-0.3, -0.25) is 0 Å². The van der Waals surface area contributed by atoms with Crippen LogP contribution < -0.4 is 10.2 Å². The Morgan fingerprint density at radius 3 is 2.74 bits per heavy atom. The lowest BCUT2D eigenvalue weighted by Gasteiger charge is -2.30. The Kier molecular flexibility index (Phi) is 4.61. The van der Waals surface area contributed by atoms with Crippen molar-refractivity contribution in [2.24, 2.45) is 0 Å². The molecule has 4 nitrogen and oxygen atoms in total. The normalized spacial score (nSPS) is 20.2. The minimum atomic E-state index is 0.575. The standard InChI is InChI=1S/C15H26N4/c1-5-13-17-14(16-4)12(3)15(18-13)19-10-8-6-7-9-11(19)2/h11H,5-10H2,1-4H3,(H,16,17,18). The van der Waals surface area contributed by atoms with E-state index in [2.05, 4.69) is 36.0 Å². The van der Waals surface area contributed by atoms with Crippen molar-refractivity contribution in [2.75, 3.05) is 23.8 Å². The summed E-state index contributed by atoms with van der Waals surface area (Å²) >= 11 is 0. The lowest BCUT2D eigenvalue weighted by atomic mass is 10.1. The summed E-state index contributed by atoms with van der Waals surface area (Å²) in [5.74, 6) is 3.03. The molecule has 0 radical (unpaired) electrons. The average molecular weight is 262 g/mol. The van der Waals surface area contributed by atoms with E-state index in [9.17, 15) is 0 Å². The molecular formula is C15H26N4. The summed E-state index contributed by atoms with van der Waals surface area (Å²) in [6.07, 6.45) is 6.08. The van der Waals surface area contributed by atoms with Gasteiger partial charge in [-0.1, -0.05) is 19.8 Å².